The number of halogens is 3. The zero-order valence-electron chi connectivity index (χ0n) is 7.14. The van der Waals surface area contributed by atoms with Crippen molar-refractivity contribution in [1.29, 1.82) is 0 Å². The summed E-state index contributed by atoms with van der Waals surface area (Å²) in [6.45, 7) is 0. The van der Waals surface area contributed by atoms with E-state index in [1.54, 1.807) is 12.1 Å². The minimum atomic E-state index is 0.589. The maximum absolute atomic E-state index is 5.76. The molecule has 0 atom stereocenters. The zero-order valence-corrected chi connectivity index (χ0v) is 10.2. The average molecular weight is 269 g/mol. The number of benzene rings is 1. The summed E-state index contributed by atoms with van der Waals surface area (Å²) >= 11 is 18.4. The predicted molar refractivity (Wildman–Crippen MR) is 66.4 cm³/mol. The highest BCUT2D eigenvalue weighted by atomic mass is 35.5. The summed E-state index contributed by atoms with van der Waals surface area (Å²) in [4.78, 5) is 0.950. The van der Waals surface area contributed by atoms with Crippen molar-refractivity contribution in [3.63, 3.8) is 0 Å². The number of rotatable bonds is 3. The van der Waals surface area contributed by atoms with Crippen LogP contribution in [0.1, 0.15) is 0 Å². The van der Waals surface area contributed by atoms with Crippen LogP contribution in [-0.2, 0) is 0 Å². The van der Waals surface area contributed by atoms with Crippen LogP contribution in [0.3, 0.4) is 0 Å². The molecule has 0 spiro atoms. The molecule has 14 heavy (non-hydrogen) atoms. The molecule has 0 fully saturated rings. The first-order valence-electron chi connectivity index (χ1n) is 3.76. The molecule has 76 valence electrons. The Morgan fingerprint density at radius 1 is 1.50 bits per heavy atom. The van der Waals surface area contributed by atoms with E-state index in [9.17, 15) is 0 Å². The van der Waals surface area contributed by atoms with E-state index in [1.165, 1.54) is 17.3 Å². The van der Waals surface area contributed by atoms with E-state index in [-0.39, 0.29) is 0 Å². The van der Waals surface area contributed by atoms with Crippen molar-refractivity contribution in [1.82, 2.24) is 0 Å². The van der Waals surface area contributed by atoms with Crippen LogP contribution in [-0.4, -0.2) is 5.75 Å². The Labute approximate surface area is 102 Å². The average Bonchev–Trinajstić information content (AvgIpc) is 2.16. The fraction of sp³-hybridized carbons (Fsp3) is 0.111. The second kappa shape index (κ2) is 5.76. The summed E-state index contributed by atoms with van der Waals surface area (Å²) < 4.78 is 0. The lowest BCUT2D eigenvalue weighted by Crippen LogP contribution is -1.89. The van der Waals surface area contributed by atoms with Gasteiger partial charge in [-0.05, 0) is 18.2 Å². The van der Waals surface area contributed by atoms with E-state index >= 15 is 0 Å². The van der Waals surface area contributed by atoms with Crippen molar-refractivity contribution in [3.05, 3.63) is 33.8 Å². The molecule has 0 radical (unpaired) electrons. The Bertz CT molecular complexity index is 352. The predicted octanol–water partition coefficient (Wildman–Crippen LogP) is 4.33. The molecular formula is C9H8Cl3NS. The first-order chi connectivity index (χ1) is 6.63. The first-order valence-corrected chi connectivity index (χ1v) is 5.94. The quantitative estimate of drug-likeness (QED) is 0.652. The van der Waals surface area contributed by atoms with Crippen LogP contribution in [0.5, 0.6) is 0 Å². The summed E-state index contributed by atoms with van der Waals surface area (Å²) in [5.41, 5.74) is 7.75. The first kappa shape index (κ1) is 12.1. The highest BCUT2D eigenvalue weighted by Gasteiger charge is 2.01. The van der Waals surface area contributed by atoms with Crippen molar-refractivity contribution >= 4 is 52.3 Å². The van der Waals surface area contributed by atoms with Gasteiger partial charge in [-0.1, -0.05) is 34.8 Å². The summed E-state index contributed by atoms with van der Waals surface area (Å²) in [6.07, 6.45) is 0. The van der Waals surface area contributed by atoms with Gasteiger partial charge in [-0.25, -0.2) is 0 Å². The Hall–Kier alpha value is -0.0200. The molecule has 1 nitrogen and oxygen atoms in total. The van der Waals surface area contributed by atoms with Crippen LogP contribution in [0.15, 0.2) is 33.7 Å². The van der Waals surface area contributed by atoms with Crippen molar-refractivity contribution in [2.45, 2.75) is 4.90 Å². The maximum Gasteiger partial charge on any atom is 0.0467 e. The van der Waals surface area contributed by atoms with Crippen molar-refractivity contribution < 1.29 is 0 Å². The Kier molecular flexibility index (Phi) is 4.96. The molecule has 1 rings (SSSR count). The van der Waals surface area contributed by atoms with Crippen molar-refractivity contribution in [3.8, 4) is 0 Å². The third kappa shape index (κ3) is 3.62. The van der Waals surface area contributed by atoms with Crippen LogP contribution in [0.2, 0.25) is 5.02 Å². The maximum atomic E-state index is 5.76. The van der Waals surface area contributed by atoms with Crippen LogP contribution in [0.4, 0.5) is 5.69 Å². The smallest absolute Gasteiger partial charge is 0.0467 e. The van der Waals surface area contributed by atoms with Gasteiger partial charge in [-0.2, -0.15) is 0 Å². The second-order valence-corrected chi connectivity index (χ2v) is 4.68. The van der Waals surface area contributed by atoms with Crippen molar-refractivity contribution in [2.75, 3.05) is 11.5 Å². The van der Waals surface area contributed by atoms with Gasteiger partial charge in [0.25, 0.3) is 0 Å². The SMILES string of the molecule is Nc1cc(Cl)ccc1SC/C(Cl)=C/Cl. The van der Waals surface area contributed by atoms with Gasteiger partial charge < -0.3 is 5.73 Å². The van der Waals surface area contributed by atoms with Gasteiger partial charge in [0.15, 0.2) is 0 Å². The molecule has 0 amide bonds. The highest BCUT2D eigenvalue weighted by Crippen LogP contribution is 2.29. The lowest BCUT2D eigenvalue weighted by molar-refractivity contribution is 1.45. The Morgan fingerprint density at radius 2 is 2.21 bits per heavy atom. The summed E-state index contributed by atoms with van der Waals surface area (Å²) in [5, 5.41) is 1.22. The Morgan fingerprint density at radius 3 is 2.79 bits per heavy atom. The molecule has 0 saturated carbocycles. The normalized spacial score (nSPS) is 11.8. The lowest BCUT2D eigenvalue weighted by Gasteiger charge is -2.04. The van der Waals surface area contributed by atoms with Crippen LogP contribution < -0.4 is 5.73 Å². The fourth-order valence-corrected chi connectivity index (χ4v) is 2.11. The number of hydrogen-bond donors (Lipinski definition) is 1. The summed E-state index contributed by atoms with van der Waals surface area (Å²) in [5.74, 6) is 0.608. The standard InChI is InChI=1S/C9H8Cl3NS/c10-4-7(12)5-14-9-2-1-6(11)3-8(9)13/h1-4H,5,13H2/b7-4-. The van der Waals surface area contributed by atoms with Crippen molar-refractivity contribution in [2.24, 2.45) is 0 Å². The number of nitrogens with two attached hydrogens (primary N) is 1. The molecule has 0 aliphatic rings. The lowest BCUT2D eigenvalue weighted by atomic mass is 10.3. The summed E-state index contributed by atoms with van der Waals surface area (Å²) in [6, 6.07) is 5.36. The monoisotopic (exact) mass is 267 g/mol. The van der Waals surface area contributed by atoms with Gasteiger partial charge in [0.1, 0.15) is 0 Å². The van der Waals surface area contributed by atoms with Crippen LogP contribution >= 0.6 is 46.6 Å². The molecule has 0 unspecified atom stereocenters. The summed E-state index contributed by atoms with van der Waals surface area (Å²) in [7, 11) is 0. The Balaban J connectivity index is 2.68. The number of anilines is 1. The molecule has 2 N–H and O–H groups in total. The van der Waals surface area contributed by atoms with Gasteiger partial charge >= 0.3 is 0 Å². The third-order valence-electron chi connectivity index (χ3n) is 1.46. The van der Waals surface area contributed by atoms with E-state index in [2.05, 4.69) is 0 Å². The molecule has 1 aromatic rings. The minimum absolute atomic E-state index is 0.589. The molecule has 0 saturated heterocycles. The van der Waals surface area contributed by atoms with Gasteiger partial charge in [0, 0.05) is 31.9 Å². The van der Waals surface area contributed by atoms with Gasteiger partial charge in [-0.3, -0.25) is 0 Å². The molecule has 0 bridgehead atoms. The molecular weight excluding hydrogens is 261 g/mol. The molecule has 0 aromatic heterocycles. The fourth-order valence-electron chi connectivity index (χ4n) is 0.829. The number of thioether (sulfide) groups is 1. The van der Waals surface area contributed by atoms with Gasteiger partial charge in [0.2, 0.25) is 0 Å². The topological polar surface area (TPSA) is 26.0 Å². The molecule has 0 aliphatic heterocycles. The van der Waals surface area contributed by atoms with E-state index in [0.29, 0.717) is 21.5 Å². The second-order valence-electron chi connectivity index (χ2n) is 2.53. The molecule has 1 aromatic carbocycles. The van der Waals surface area contributed by atoms with Gasteiger partial charge in [0.05, 0.1) is 0 Å². The van der Waals surface area contributed by atoms with E-state index in [4.69, 9.17) is 40.5 Å². The molecule has 0 aliphatic carbocycles. The van der Waals surface area contributed by atoms with Crippen LogP contribution in [0.25, 0.3) is 0 Å². The number of hydrogen-bond acceptors (Lipinski definition) is 2. The van der Waals surface area contributed by atoms with Crippen LogP contribution in [0, 0.1) is 0 Å². The van der Waals surface area contributed by atoms with Gasteiger partial charge in [-0.15, -0.1) is 11.8 Å². The highest BCUT2D eigenvalue weighted by molar-refractivity contribution is 7.99. The zero-order chi connectivity index (χ0) is 10.6. The molecule has 5 heteroatoms. The molecule has 0 heterocycles. The van der Waals surface area contributed by atoms with E-state index in [1.807, 2.05) is 6.07 Å². The van der Waals surface area contributed by atoms with E-state index in [0.717, 1.165) is 4.90 Å². The number of nitrogen functional groups attached to an aromatic ring is 1. The minimum Gasteiger partial charge on any atom is -0.398 e. The van der Waals surface area contributed by atoms with E-state index < -0.39 is 0 Å². The largest absolute Gasteiger partial charge is 0.398 e. The third-order valence-corrected chi connectivity index (χ3v) is 3.61.